The van der Waals surface area contributed by atoms with E-state index in [9.17, 15) is 0 Å². The number of benzene rings is 2. The van der Waals surface area contributed by atoms with Gasteiger partial charge in [-0.15, -0.1) is 0 Å². The summed E-state index contributed by atoms with van der Waals surface area (Å²) in [7, 11) is 0. The van der Waals surface area contributed by atoms with E-state index in [1.165, 1.54) is 43.2 Å². The summed E-state index contributed by atoms with van der Waals surface area (Å²) in [6.07, 6.45) is 10.2. The predicted molar refractivity (Wildman–Crippen MR) is 90.5 cm³/mol. The molecule has 3 rings (SSSR count). The van der Waals surface area contributed by atoms with Crippen molar-refractivity contribution in [2.45, 2.75) is 44.4 Å². The van der Waals surface area contributed by atoms with Gasteiger partial charge in [0.2, 0.25) is 0 Å². The van der Waals surface area contributed by atoms with Crippen molar-refractivity contribution in [1.29, 1.82) is 0 Å². The molecule has 1 unspecified atom stereocenters. The van der Waals surface area contributed by atoms with Crippen LogP contribution in [0.4, 0.5) is 0 Å². The number of hydrogen-bond donors (Lipinski definition) is 0. The van der Waals surface area contributed by atoms with Crippen molar-refractivity contribution in [2.24, 2.45) is 0 Å². The highest BCUT2D eigenvalue weighted by Gasteiger charge is 2.18. The highest BCUT2D eigenvalue weighted by molar-refractivity contribution is 5.30. The van der Waals surface area contributed by atoms with Crippen molar-refractivity contribution in [3.63, 3.8) is 0 Å². The summed E-state index contributed by atoms with van der Waals surface area (Å²) < 4.78 is 0. The van der Waals surface area contributed by atoms with Crippen molar-refractivity contribution >= 4 is 0 Å². The lowest BCUT2D eigenvalue weighted by atomic mass is 9.81. The SMILES string of the molecule is C1=C(C(CCc2ccccc2)c2ccccc2)CCCC1. The van der Waals surface area contributed by atoms with Crippen LogP contribution < -0.4 is 0 Å². The molecule has 0 spiro atoms. The van der Waals surface area contributed by atoms with Crippen LogP contribution in [-0.4, -0.2) is 0 Å². The third-order valence-corrected chi connectivity index (χ3v) is 4.54. The van der Waals surface area contributed by atoms with Gasteiger partial charge in [0.25, 0.3) is 0 Å². The van der Waals surface area contributed by atoms with Crippen LogP contribution in [0.25, 0.3) is 0 Å². The molecule has 21 heavy (non-hydrogen) atoms. The molecule has 0 aliphatic heterocycles. The molecule has 2 aromatic carbocycles. The molecule has 0 N–H and O–H groups in total. The van der Waals surface area contributed by atoms with Crippen LogP contribution in [0.5, 0.6) is 0 Å². The van der Waals surface area contributed by atoms with E-state index < -0.39 is 0 Å². The maximum absolute atomic E-state index is 2.51. The van der Waals surface area contributed by atoms with Gasteiger partial charge in [-0.3, -0.25) is 0 Å². The smallest absolute Gasteiger partial charge is 0.00513 e. The monoisotopic (exact) mass is 276 g/mol. The van der Waals surface area contributed by atoms with Crippen LogP contribution in [0.15, 0.2) is 72.3 Å². The van der Waals surface area contributed by atoms with Crippen LogP contribution in [-0.2, 0) is 6.42 Å². The predicted octanol–water partition coefficient (Wildman–Crippen LogP) is 5.90. The Morgan fingerprint density at radius 1 is 0.810 bits per heavy atom. The molecule has 0 heterocycles. The summed E-state index contributed by atoms with van der Waals surface area (Å²) >= 11 is 0. The first-order chi connectivity index (χ1) is 10.4. The summed E-state index contributed by atoms with van der Waals surface area (Å²) in [5.74, 6) is 0.603. The van der Waals surface area contributed by atoms with E-state index in [0.717, 1.165) is 6.42 Å². The minimum absolute atomic E-state index is 0.603. The van der Waals surface area contributed by atoms with Crippen LogP contribution in [0.1, 0.15) is 49.1 Å². The molecule has 0 saturated carbocycles. The molecule has 0 bridgehead atoms. The molecule has 0 fully saturated rings. The summed E-state index contributed by atoms with van der Waals surface area (Å²) in [6, 6.07) is 21.9. The fourth-order valence-electron chi connectivity index (χ4n) is 3.39. The topological polar surface area (TPSA) is 0 Å². The first-order valence-corrected chi connectivity index (χ1v) is 8.21. The van der Waals surface area contributed by atoms with Gasteiger partial charge in [-0.1, -0.05) is 72.3 Å². The van der Waals surface area contributed by atoms with Gasteiger partial charge in [-0.2, -0.15) is 0 Å². The van der Waals surface area contributed by atoms with E-state index in [4.69, 9.17) is 0 Å². The van der Waals surface area contributed by atoms with Crippen LogP contribution in [0.3, 0.4) is 0 Å². The standard InChI is InChI=1S/C21H24/c1-4-10-18(11-5-1)16-17-21(19-12-6-2-7-13-19)20-14-8-3-9-15-20/h1-2,4-7,10-14,21H,3,8-9,15-17H2. The van der Waals surface area contributed by atoms with Crippen molar-refractivity contribution in [3.8, 4) is 0 Å². The Morgan fingerprint density at radius 3 is 2.19 bits per heavy atom. The van der Waals surface area contributed by atoms with Crippen LogP contribution >= 0.6 is 0 Å². The number of allylic oxidation sites excluding steroid dienone is 2. The van der Waals surface area contributed by atoms with Gasteiger partial charge in [-0.05, 0) is 49.7 Å². The molecule has 0 saturated heterocycles. The average molecular weight is 276 g/mol. The Balaban J connectivity index is 1.77. The van der Waals surface area contributed by atoms with E-state index in [-0.39, 0.29) is 0 Å². The van der Waals surface area contributed by atoms with Crippen LogP contribution in [0.2, 0.25) is 0 Å². The van der Waals surface area contributed by atoms with Gasteiger partial charge in [-0.25, -0.2) is 0 Å². The molecule has 0 nitrogen and oxygen atoms in total. The maximum atomic E-state index is 2.51. The molecule has 0 heteroatoms. The minimum Gasteiger partial charge on any atom is -0.0847 e. The second-order valence-corrected chi connectivity index (χ2v) is 6.01. The van der Waals surface area contributed by atoms with Gasteiger partial charge >= 0.3 is 0 Å². The summed E-state index contributed by atoms with van der Waals surface area (Å²) in [6.45, 7) is 0. The zero-order valence-electron chi connectivity index (χ0n) is 12.7. The zero-order chi connectivity index (χ0) is 14.3. The van der Waals surface area contributed by atoms with E-state index in [2.05, 4.69) is 66.7 Å². The summed E-state index contributed by atoms with van der Waals surface area (Å²) in [4.78, 5) is 0. The molecule has 0 radical (unpaired) electrons. The zero-order valence-corrected chi connectivity index (χ0v) is 12.7. The highest BCUT2D eigenvalue weighted by Crippen LogP contribution is 2.35. The summed E-state index contributed by atoms with van der Waals surface area (Å²) in [5.41, 5.74) is 4.61. The fourth-order valence-corrected chi connectivity index (χ4v) is 3.39. The molecule has 0 aromatic heterocycles. The van der Waals surface area contributed by atoms with Crippen LogP contribution in [0, 0.1) is 0 Å². The lowest BCUT2D eigenvalue weighted by Crippen LogP contribution is -2.07. The lowest BCUT2D eigenvalue weighted by molar-refractivity contribution is 0.610. The molecule has 1 atom stereocenters. The van der Waals surface area contributed by atoms with E-state index in [0.29, 0.717) is 5.92 Å². The molecule has 1 aliphatic rings. The highest BCUT2D eigenvalue weighted by atomic mass is 14.2. The Labute approximate surface area is 128 Å². The van der Waals surface area contributed by atoms with Gasteiger partial charge in [0.1, 0.15) is 0 Å². The van der Waals surface area contributed by atoms with E-state index in [1.807, 2.05) is 0 Å². The second-order valence-electron chi connectivity index (χ2n) is 6.01. The molecule has 108 valence electrons. The Hall–Kier alpha value is -1.82. The fraction of sp³-hybridized carbons (Fsp3) is 0.333. The lowest BCUT2D eigenvalue weighted by Gasteiger charge is -2.24. The number of hydrogen-bond acceptors (Lipinski definition) is 0. The molecular formula is C21H24. The Morgan fingerprint density at radius 2 is 1.52 bits per heavy atom. The minimum atomic E-state index is 0.603. The number of aryl methyl sites for hydroxylation is 1. The first-order valence-electron chi connectivity index (χ1n) is 8.21. The van der Waals surface area contributed by atoms with Gasteiger partial charge in [0.05, 0.1) is 0 Å². The first kappa shape index (κ1) is 14.1. The summed E-state index contributed by atoms with van der Waals surface area (Å²) in [5, 5.41) is 0. The van der Waals surface area contributed by atoms with E-state index in [1.54, 1.807) is 5.57 Å². The quantitative estimate of drug-likeness (QED) is 0.596. The number of rotatable bonds is 5. The normalized spacial score (nSPS) is 16.3. The van der Waals surface area contributed by atoms with Crippen molar-refractivity contribution in [1.82, 2.24) is 0 Å². The third-order valence-electron chi connectivity index (χ3n) is 4.54. The third kappa shape index (κ3) is 3.85. The van der Waals surface area contributed by atoms with Crippen molar-refractivity contribution in [2.75, 3.05) is 0 Å². The molecule has 1 aliphatic carbocycles. The van der Waals surface area contributed by atoms with E-state index >= 15 is 0 Å². The van der Waals surface area contributed by atoms with Crippen molar-refractivity contribution in [3.05, 3.63) is 83.4 Å². The Kier molecular flexibility index (Phi) is 4.89. The van der Waals surface area contributed by atoms with Gasteiger partial charge in [0.15, 0.2) is 0 Å². The molecule has 2 aromatic rings. The van der Waals surface area contributed by atoms with Gasteiger partial charge in [0, 0.05) is 5.92 Å². The van der Waals surface area contributed by atoms with Crippen molar-refractivity contribution < 1.29 is 0 Å². The maximum Gasteiger partial charge on any atom is 0.00513 e. The second kappa shape index (κ2) is 7.26. The average Bonchev–Trinajstić information content (AvgIpc) is 2.58. The van der Waals surface area contributed by atoms with Gasteiger partial charge < -0.3 is 0 Å². The molecule has 0 amide bonds. The Bertz CT molecular complexity index is 566. The molecular weight excluding hydrogens is 252 g/mol. The largest absolute Gasteiger partial charge is 0.0847 e.